The Kier molecular flexibility index (Phi) is 20.9. The molecule has 0 aromatic heterocycles. The molecule has 492 valence electrons. The summed E-state index contributed by atoms with van der Waals surface area (Å²) >= 11 is 0. The molecule has 4 atom stereocenters. The molecular formula is C67H91F8N7O6S. The molecule has 6 aliphatic rings. The van der Waals surface area contributed by atoms with Crippen molar-refractivity contribution in [1.29, 1.82) is 0 Å². The highest BCUT2D eigenvalue weighted by molar-refractivity contribution is 7.88. The monoisotopic (exact) mass is 1270 g/mol. The maximum Gasteiger partial charge on any atom is 0.416 e. The van der Waals surface area contributed by atoms with Crippen LogP contribution in [0, 0.1) is 0 Å². The van der Waals surface area contributed by atoms with Gasteiger partial charge in [-0.2, -0.15) is 30.6 Å². The first-order valence-corrected chi connectivity index (χ1v) is 32.7. The van der Waals surface area contributed by atoms with E-state index in [1.54, 1.807) is 54.4 Å². The molecule has 22 heteroatoms. The van der Waals surface area contributed by atoms with Crippen molar-refractivity contribution in [2.24, 2.45) is 0 Å². The number of benzene rings is 4. The highest BCUT2D eigenvalue weighted by Gasteiger charge is 2.58. The second-order valence-electron chi connectivity index (χ2n) is 26.9. The summed E-state index contributed by atoms with van der Waals surface area (Å²) in [6.07, 6.45) is -2.69. The van der Waals surface area contributed by atoms with Gasteiger partial charge in [0.05, 0.1) is 31.6 Å². The van der Waals surface area contributed by atoms with Gasteiger partial charge in [0.25, 0.3) is 11.8 Å². The first-order chi connectivity index (χ1) is 41.2. The molecule has 2 amide bonds. The van der Waals surface area contributed by atoms with Gasteiger partial charge in [0, 0.05) is 126 Å². The SMILES string of the molecule is C.COc1ccc([C@@H]2CN(C(C)(C)C)C[C@@]2(F)C(=O)N2CCC(c3ccc(C(F)(F)F)cc3N3CCCCC3)CC2)cc1.COc1ccc([C@@H]2CN(C(C)(C)C)C[C@@]2(F)C(=O)N2CCC(c3ccc(C(F)(F)F)cc3N3CCN(S(C)(=O)=O)CC3)CC2)cc1. The summed E-state index contributed by atoms with van der Waals surface area (Å²) < 4.78 is 152. The van der Waals surface area contributed by atoms with E-state index in [1.807, 2.05) is 80.5 Å². The number of sulfonamides is 1. The first-order valence-electron chi connectivity index (χ1n) is 30.8. The lowest BCUT2D eigenvalue weighted by Crippen LogP contribution is -2.53. The number of methoxy groups -OCH3 is 2. The summed E-state index contributed by atoms with van der Waals surface area (Å²) in [6.45, 7) is 16.6. The number of likely N-dealkylation sites (tertiary alicyclic amines) is 4. The number of carbonyl (C=O) groups excluding carboxylic acids is 2. The zero-order chi connectivity index (χ0) is 63.9. The number of hydrogen-bond donors (Lipinski definition) is 0. The molecule has 0 radical (unpaired) electrons. The van der Waals surface area contributed by atoms with Gasteiger partial charge in [-0.3, -0.25) is 19.4 Å². The Bertz CT molecular complexity index is 3180. The van der Waals surface area contributed by atoms with Crippen molar-refractivity contribution < 1.29 is 62.6 Å². The molecule has 0 saturated carbocycles. The van der Waals surface area contributed by atoms with E-state index in [4.69, 9.17) is 9.47 Å². The summed E-state index contributed by atoms with van der Waals surface area (Å²) in [5.41, 5.74) is -2.05. The van der Waals surface area contributed by atoms with Crippen molar-refractivity contribution in [3.8, 4) is 11.5 Å². The van der Waals surface area contributed by atoms with Gasteiger partial charge >= 0.3 is 12.4 Å². The van der Waals surface area contributed by atoms with E-state index >= 15 is 8.78 Å². The Balaban J connectivity index is 0.000000228. The predicted octanol–water partition coefficient (Wildman–Crippen LogP) is 12.8. The molecule has 0 N–H and O–H groups in total. The average Bonchev–Trinajstić information content (AvgIpc) is 1.71. The highest BCUT2D eigenvalue weighted by Crippen LogP contribution is 2.48. The van der Waals surface area contributed by atoms with Crippen LogP contribution in [0.3, 0.4) is 0 Å². The molecule has 10 rings (SSSR count). The highest BCUT2D eigenvalue weighted by atomic mass is 32.2. The van der Waals surface area contributed by atoms with E-state index in [9.17, 15) is 44.3 Å². The third-order valence-corrected chi connectivity index (χ3v) is 20.6. The number of anilines is 2. The second kappa shape index (κ2) is 26.9. The Morgan fingerprint density at radius 1 is 0.506 bits per heavy atom. The van der Waals surface area contributed by atoms with Crippen molar-refractivity contribution in [3.63, 3.8) is 0 Å². The molecule has 13 nitrogen and oxygen atoms in total. The molecule has 4 aromatic carbocycles. The minimum atomic E-state index is -4.53. The van der Waals surface area contributed by atoms with E-state index < -0.39 is 68.5 Å². The average molecular weight is 1270 g/mol. The standard InChI is InChI=1S/C33H44F4N4O4S.C33H43F4N3O2.CH4/c1-31(2,3)40-21-28(24-6-9-26(45-4)10-7-24)32(34,22-40)30(42)39-14-12-23(13-15-39)27-11-8-25(33(35,36)37)20-29(27)38-16-18-41(19-17-38)46(5,43)44;1-31(2,3)40-21-28(24-8-11-26(42-4)12-9-24)32(34,22-40)30(41)39-18-14-23(15-19-39)27-13-10-25(33(35,36)37)20-29(27)38-16-6-5-7-17-38;/h6-11,20,23,28H,12-19,21-22H2,1-5H3;8-13,20,23,28H,5-7,14-19,21-22H2,1-4H3;1H4/t2*28-,32-;/m00./s1. The molecule has 0 spiro atoms. The van der Waals surface area contributed by atoms with Crippen LogP contribution in [0.25, 0.3) is 0 Å². The third kappa shape index (κ3) is 15.3. The fraction of sp³-hybridized carbons (Fsp3) is 0.612. The number of piperidine rings is 3. The molecule has 6 heterocycles. The number of piperazine rings is 1. The number of carbonyl (C=O) groups is 2. The summed E-state index contributed by atoms with van der Waals surface area (Å²) in [4.78, 5) is 39.2. The number of rotatable bonds is 11. The van der Waals surface area contributed by atoms with Crippen LogP contribution in [0.15, 0.2) is 84.9 Å². The number of halogens is 8. The van der Waals surface area contributed by atoms with Crippen molar-refractivity contribution >= 4 is 33.2 Å². The number of alkyl halides is 8. The lowest BCUT2D eigenvalue weighted by Gasteiger charge is -2.40. The fourth-order valence-electron chi connectivity index (χ4n) is 13.9. The number of nitrogens with zero attached hydrogens (tertiary/aromatic N) is 7. The zero-order valence-corrected chi connectivity index (χ0v) is 53.1. The van der Waals surface area contributed by atoms with Crippen molar-refractivity contribution in [2.75, 3.05) is 122 Å². The van der Waals surface area contributed by atoms with E-state index in [0.717, 1.165) is 73.0 Å². The van der Waals surface area contributed by atoms with Gasteiger partial charge in [0.15, 0.2) is 0 Å². The lowest BCUT2D eigenvalue weighted by atomic mass is 9.83. The molecule has 6 aliphatic heterocycles. The zero-order valence-electron chi connectivity index (χ0n) is 52.3. The molecule has 0 bridgehead atoms. The van der Waals surface area contributed by atoms with Gasteiger partial charge in [-0.25, -0.2) is 17.2 Å². The molecular weight excluding hydrogens is 1180 g/mol. The summed E-state index contributed by atoms with van der Waals surface area (Å²) in [5, 5.41) is 0. The van der Waals surface area contributed by atoms with Crippen LogP contribution in [0.1, 0.15) is 151 Å². The van der Waals surface area contributed by atoms with Gasteiger partial charge in [-0.1, -0.05) is 43.8 Å². The Morgan fingerprint density at radius 3 is 1.17 bits per heavy atom. The van der Waals surface area contributed by atoms with E-state index in [2.05, 4.69) is 4.90 Å². The quantitative estimate of drug-likeness (QED) is 0.135. The first kappa shape index (κ1) is 69.2. The molecule has 0 aliphatic carbocycles. The van der Waals surface area contributed by atoms with Crippen LogP contribution in [0.5, 0.6) is 11.5 Å². The van der Waals surface area contributed by atoms with E-state index in [0.29, 0.717) is 74.7 Å². The Morgan fingerprint density at radius 2 is 0.854 bits per heavy atom. The Hall–Kier alpha value is -5.71. The summed E-state index contributed by atoms with van der Waals surface area (Å²) in [6, 6.07) is 22.3. The van der Waals surface area contributed by atoms with Crippen LogP contribution in [0.2, 0.25) is 0 Å². The van der Waals surface area contributed by atoms with Gasteiger partial charge < -0.3 is 29.1 Å². The largest absolute Gasteiger partial charge is 0.497 e. The van der Waals surface area contributed by atoms with Crippen molar-refractivity contribution in [1.82, 2.24) is 23.9 Å². The minimum Gasteiger partial charge on any atom is -0.497 e. The molecule has 89 heavy (non-hydrogen) atoms. The van der Waals surface area contributed by atoms with Gasteiger partial charge in [-0.05, 0) is 169 Å². The normalized spacial score (nSPS) is 24.3. The van der Waals surface area contributed by atoms with Crippen LogP contribution in [0.4, 0.5) is 46.5 Å². The minimum absolute atomic E-state index is 0. The molecule has 0 unspecified atom stereocenters. The number of amides is 2. The van der Waals surface area contributed by atoms with Crippen LogP contribution < -0.4 is 19.3 Å². The van der Waals surface area contributed by atoms with Crippen LogP contribution in [-0.2, 0) is 32.0 Å². The summed E-state index contributed by atoms with van der Waals surface area (Å²) in [5.74, 6) is -1.14. The molecule has 6 saturated heterocycles. The van der Waals surface area contributed by atoms with Crippen LogP contribution >= 0.6 is 0 Å². The van der Waals surface area contributed by atoms with Crippen molar-refractivity contribution in [3.05, 3.63) is 118 Å². The second-order valence-corrected chi connectivity index (χ2v) is 28.8. The van der Waals surface area contributed by atoms with Gasteiger partial charge in [-0.15, -0.1) is 0 Å². The number of ether oxygens (including phenoxy) is 2. The molecule has 4 aromatic rings. The predicted molar refractivity (Wildman–Crippen MR) is 333 cm³/mol. The molecule has 6 fully saturated rings. The fourth-order valence-corrected chi connectivity index (χ4v) is 14.7. The topological polar surface area (TPSA) is 109 Å². The van der Waals surface area contributed by atoms with E-state index in [1.165, 1.54) is 22.5 Å². The van der Waals surface area contributed by atoms with Crippen molar-refractivity contribution in [2.45, 2.75) is 152 Å². The van der Waals surface area contributed by atoms with Gasteiger partial charge in [0.2, 0.25) is 21.4 Å². The third-order valence-electron chi connectivity index (χ3n) is 19.3. The number of hydrogen-bond acceptors (Lipinski definition) is 10. The smallest absolute Gasteiger partial charge is 0.416 e. The van der Waals surface area contributed by atoms with Crippen LogP contribution in [-0.4, -0.2) is 179 Å². The Labute approximate surface area is 521 Å². The van der Waals surface area contributed by atoms with E-state index in [-0.39, 0.29) is 82.7 Å². The van der Waals surface area contributed by atoms with Gasteiger partial charge in [0.1, 0.15) is 11.5 Å². The lowest BCUT2D eigenvalue weighted by molar-refractivity contribution is -0.146. The maximum absolute atomic E-state index is 17.2. The maximum atomic E-state index is 17.2. The summed E-state index contributed by atoms with van der Waals surface area (Å²) in [7, 11) is -0.264.